The summed E-state index contributed by atoms with van der Waals surface area (Å²) in [5.74, 6) is 0.807. The Morgan fingerprint density at radius 1 is 1.28 bits per heavy atom. The first-order chi connectivity index (χ1) is 8.85. The van der Waals surface area contributed by atoms with E-state index in [-0.39, 0.29) is 0 Å². The topological polar surface area (TPSA) is 47.0 Å². The molecule has 1 aromatic heterocycles. The lowest BCUT2D eigenvalue weighted by atomic mass is 10.1. The van der Waals surface area contributed by atoms with Gasteiger partial charge in [-0.1, -0.05) is 29.4 Å². The zero-order valence-corrected chi connectivity index (χ0v) is 11.0. The van der Waals surface area contributed by atoms with Gasteiger partial charge in [0, 0.05) is 7.05 Å². The number of benzene rings is 1. The molecule has 0 atom stereocenters. The van der Waals surface area contributed by atoms with Crippen LogP contribution in [0.2, 0.25) is 0 Å². The Labute approximate surface area is 110 Å². The van der Waals surface area contributed by atoms with Crippen LogP contribution in [-0.2, 0) is 6.61 Å². The van der Waals surface area contributed by atoms with Crippen LogP contribution >= 0.6 is 11.3 Å². The molecule has 18 heavy (non-hydrogen) atoms. The van der Waals surface area contributed by atoms with Gasteiger partial charge in [-0.05, 0) is 41.2 Å². The predicted molar refractivity (Wildman–Crippen MR) is 72.2 cm³/mol. The summed E-state index contributed by atoms with van der Waals surface area (Å²) in [7, 11) is 1.82. The Morgan fingerprint density at radius 2 is 2.06 bits per heavy atom. The first-order valence-electron chi connectivity index (χ1n) is 6.08. The average molecular weight is 261 g/mol. The van der Waals surface area contributed by atoms with Gasteiger partial charge in [0.1, 0.15) is 6.61 Å². The van der Waals surface area contributed by atoms with E-state index in [9.17, 15) is 0 Å². The minimum absolute atomic E-state index is 0.545. The molecule has 0 amide bonds. The van der Waals surface area contributed by atoms with Gasteiger partial charge in [0.15, 0.2) is 0 Å². The van der Waals surface area contributed by atoms with Crippen molar-refractivity contribution in [3.8, 4) is 5.19 Å². The van der Waals surface area contributed by atoms with Gasteiger partial charge in [-0.3, -0.25) is 0 Å². The zero-order valence-electron chi connectivity index (χ0n) is 10.2. The fourth-order valence-corrected chi connectivity index (χ4v) is 2.37. The van der Waals surface area contributed by atoms with Gasteiger partial charge in [0.2, 0.25) is 5.13 Å². The van der Waals surface area contributed by atoms with Crippen molar-refractivity contribution in [3.05, 3.63) is 35.4 Å². The van der Waals surface area contributed by atoms with Crippen LogP contribution in [0.15, 0.2) is 24.3 Å². The number of hydrogen-bond acceptors (Lipinski definition) is 5. The maximum atomic E-state index is 5.60. The number of hydrogen-bond donors (Lipinski definition) is 1. The van der Waals surface area contributed by atoms with E-state index in [1.54, 1.807) is 0 Å². The van der Waals surface area contributed by atoms with Crippen molar-refractivity contribution in [1.82, 2.24) is 10.2 Å². The molecule has 4 nitrogen and oxygen atoms in total. The molecule has 1 heterocycles. The van der Waals surface area contributed by atoms with Gasteiger partial charge in [-0.15, -0.1) is 5.10 Å². The first-order valence-corrected chi connectivity index (χ1v) is 6.89. The maximum absolute atomic E-state index is 5.60. The largest absolute Gasteiger partial charge is 0.464 e. The average Bonchev–Trinajstić information content (AvgIpc) is 3.16. The van der Waals surface area contributed by atoms with Crippen LogP contribution in [0, 0.1) is 0 Å². The van der Waals surface area contributed by atoms with Crippen molar-refractivity contribution in [2.75, 3.05) is 12.4 Å². The smallest absolute Gasteiger partial charge is 0.296 e. The molecule has 1 aromatic carbocycles. The third-order valence-electron chi connectivity index (χ3n) is 3.01. The second-order valence-corrected chi connectivity index (χ2v) is 5.37. The highest BCUT2D eigenvalue weighted by Crippen LogP contribution is 2.39. The van der Waals surface area contributed by atoms with E-state index in [1.165, 1.54) is 35.3 Å². The minimum Gasteiger partial charge on any atom is -0.464 e. The third-order valence-corrected chi connectivity index (χ3v) is 3.86. The number of nitrogens with zero attached hydrogens (tertiary/aromatic N) is 2. The number of rotatable bonds is 5. The van der Waals surface area contributed by atoms with Gasteiger partial charge in [0.05, 0.1) is 0 Å². The van der Waals surface area contributed by atoms with Crippen LogP contribution in [0.3, 0.4) is 0 Å². The monoisotopic (exact) mass is 261 g/mol. The van der Waals surface area contributed by atoms with Crippen molar-refractivity contribution < 1.29 is 4.74 Å². The summed E-state index contributed by atoms with van der Waals surface area (Å²) in [6.45, 7) is 0.545. The van der Waals surface area contributed by atoms with Gasteiger partial charge >= 0.3 is 0 Å². The predicted octanol–water partition coefficient (Wildman–Crippen LogP) is 3.04. The molecule has 1 fully saturated rings. The molecule has 0 aliphatic heterocycles. The van der Waals surface area contributed by atoms with E-state index >= 15 is 0 Å². The summed E-state index contributed by atoms with van der Waals surface area (Å²) < 4.78 is 5.60. The van der Waals surface area contributed by atoms with Crippen LogP contribution < -0.4 is 10.1 Å². The van der Waals surface area contributed by atoms with E-state index in [1.807, 2.05) is 7.05 Å². The highest BCUT2D eigenvalue weighted by atomic mass is 32.1. The molecule has 0 radical (unpaired) electrons. The van der Waals surface area contributed by atoms with Crippen LogP contribution in [0.1, 0.15) is 29.9 Å². The second-order valence-electron chi connectivity index (χ2n) is 4.43. The third kappa shape index (κ3) is 2.61. The summed E-state index contributed by atoms with van der Waals surface area (Å²) >= 11 is 1.41. The summed E-state index contributed by atoms with van der Waals surface area (Å²) in [5.41, 5.74) is 2.62. The molecule has 0 bridgehead atoms. The highest BCUT2D eigenvalue weighted by molar-refractivity contribution is 7.16. The van der Waals surface area contributed by atoms with Crippen molar-refractivity contribution in [2.24, 2.45) is 0 Å². The van der Waals surface area contributed by atoms with Crippen molar-refractivity contribution in [3.63, 3.8) is 0 Å². The maximum Gasteiger partial charge on any atom is 0.296 e. The normalized spacial score (nSPS) is 14.5. The SMILES string of the molecule is CNc1nnc(OCc2ccc(C3CC3)cc2)s1. The Morgan fingerprint density at radius 3 is 2.67 bits per heavy atom. The first kappa shape index (κ1) is 11.5. The highest BCUT2D eigenvalue weighted by Gasteiger charge is 2.22. The molecule has 94 valence electrons. The quantitative estimate of drug-likeness (QED) is 0.898. The Balaban J connectivity index is 1.58. The van der Waals surface area contributed by atoms with E-state index in [0.29, 0.717) is 11.8 Å². The van der Waals surface area contributed by atoms with E-state index in [0.717, 1.165) is 11.0 Å². The minimum atomic E-state index is 0.545. The molecule has 1 aliphatic rings. The molecule has 1 N–H and O–H groups in total. The lowest BCUT2D eigenvalue weighted by molar-refractivity contribution is 0.302. The summed E-state index contributed by atoms with van der Waals surface area (Å²) in [4.78, 5) is 0. The molecule has 0 saturated heterocycles. The number of ether oxygens (including phenoxy) is 1. The Hall–Kier alpha value is -1.62. The van der Waals surface area contributed by atoms with E-state index in [2.05, 4.69) is 39.8 Å². The number of aromatic nitrogens is 2. The molecule has 5 heteroatoms. The lowest BCUT2D eigenvalue weighted by Gasteiger charge is -2.03. The number of nitrogens with one attached hydrogen (secondary N) is 1. The van der Waals surface area contributed by atoms with E-state index in [4.69, 9.17) is 4.74 Å². The molecule has 0 spiro atoms. The van der Waals surface area contributed by atoms with E-state index < -0.39 is 0 Å². The molecule has 0 unspecified atom stereocenters. The van der Waals surface area contributed by atoms with Gasteiger partial charge in [0.25, 0.3) is 5.19 Å². The van der Waals surface area contributed by atoms with Crippen molar-refractivity contribution in [1.29, 1.82) is 0 Å². The summed E-state index contributed by atoms with van der Waals surface area (Å²) in [5, 5.41) is 12.2. The van der Waals surface area contributed by atoms with Crippen LogP contribution in [-0.4, -0.2) is 17.2 Å². The van der Waals surface area contributed by atoms with Crippen LogP contribution in [0.5, 0.6) is 5.19 Å². The fourth-order valence-electron chi connectivity index (χ4n) is 1.82. The molecular weight excluding hydrogens is 246 g/mol. The Kier molecular flexibility index (Phi) is 3.15. The summed E-state index contributed by atoms with van der Waals surface area (Å²) in [6, 6.07) is 8.67. The Bertz CT molecular complexity index is 519. The van der Waals surface area contributed by atoms with Gasteiger partial charge < -0.3 is 10.1 Å². The molecule has 1 saturated carbocycles. The fraction of sp³-hybridized carbons (Fsp3) is 0.385. The van der Waals surface area contributed by atoms with Gasteiger partial charge in [-0.25, -0.2) is 0 Å². The van der Waals surface area contributed by atoms with Crippen LogP contribution in [0.25, 0.3) is 0 Å². The van der Waals surface area contributed by atoms with Crippen molar-refractivity contribution in [2.45, 2.75) is 25.4 Å². The molecule has 1 aliphatic carbocycles. The standard InChI is InChI=1S/C13H15N3OS/c1-14-12-15-16-13(18-12)17-8-9-2-4-10(5-3-9)11-6-7-11/h2-5,11H,6-8H2,1H3,(H,14,15). The number of anilines is 1. The molecular formula is C13H15N3OS. The second kappa shape index (κ2) is 4.94. The van der Waals surface area contributed by atoms with Crippen molar-refractivity contribution >= 4 is 16.5 Å². The van der Waals surface area contributed by atoms with Gasteiger partial charge in [-0.2, -0.15) is 0 Å². The summed E-state index contributed by atoms with van der Waals surface area (Å²) in [6.07, 6.45) is 2.68. The zero-order chi connectivity index (χ0) is 12.4. The molecule has 3 rings (SSSR count). The molecule has 2 aromatic rings. The van der Waals surface area contributed by atoms with Crippen LogP contribution in [0.4, 0.5) is 5.13 Å². The lowest BCUT2D eigenvalue weighted by Crippen LogP contribution is -1.95.